The number of rotatable bonds is 5. The summed E-state index contributed by atoms with van der Waals surface area (Å²) in [5.74, 6) is 0.561. The first-order valence-electron chi connectivity index (χ1n) is 7.79. The first kappa shape index (κ1) is 15.9. The predicted octanol–water partition coefficient (Wildman–Crippen LogP) is 2.54. The lowest BCUT2D eigenvalue weighted by molar-refractivity contribution is 0.0701. The van der Waals surface area contributed by atoms with Crippen molar-refractivity contribution < 1.29 is 19.2 Å². The minimum absolute atomic E-state index is 0.121. The fourth-order valence-corrected chi connectivity index (χ4v) is 3.80. The quantitative estimate of drug-likeness (QED) is 0.705. The Morgan fingerprint density at radius 2 is 2.36 bits per heavy atom. The molecule has 3 aromatic rings. The summed E-state index contributed by atoms with van der Waals surface area (Å²) >= 11 is 1.13. The number of anilines is 1. The van der Waals surface area contributed by atoms with Crippen LogP contribution in [0.15, 0.2) is 10.9 Å². The van der Waals surface area contributed by atoms with E-state index in [4.69, 9.17) is 9.26 Å². The molecule has 0 radical (unpaired) electrons. The number of fused-ring (bicyclic) bond motifs is 1. The van der Waals surface area contributed by atoms with E-state index in [1.165, 1.54) is 6.33 Å². The molecule has 0 unspecified atom stereocenters. The molecule has 9 nitrogen and oxygen atoms in total. The fourth-order valence-electron chi connectivity index (χ4n) is 2.81. The molecular formula is C15H15N5O4S. The smallest absolute Gasteiger partial charge is 0.346 e. The molecule has 1 aliphatic heterocycles. The number of carboxylic acids is 1. The van der Waals surface area contributed by atoms with Crippen LogP contribution >= 0.6 is 11.3 Å². The van der Waals surface area contributed by atoms with Crippen molar-refractivity contribution in [2.24, 2.45) is 0 Å². The number of hydrogen-bond acceptors (Lipinski definition) is 9. The number of carbonyl (C=O) groups is 1. The highest BCUT2D eigenvalue weighted by atomic mass is 32.1. The van der Waals surface area contributed by atoms with Gasteiger partial charge in [-0.3, -0.25) is 0 Å². The summed E-state index contributed by atoms with van der Waals surface area (Å²) in [6.45, 7) is 2.77. The molecule has 0 aromatic carbocycles. The second-order valence-corrected chi connectivity index (χ2v) is 6.67. The Morgan fingerprint density at radius 3 is 3.12 bits per heavy atom. The molecule has 0 spiro atoms. The van der Waals surface area contributed by atoms with E-state index in [0.717, 1.165) is 24.2 Å². The summed E-state index contributed by atoms with van der Waals surface area (Å²) < 4.78 is 10.8. The zero-order chi connectivity index (χ0) is 17.4. The second-order valence-electron chi connectivity index (χ2n) is 5.67. The Hall–Kier alpha value is -2.59. The van der Waals surface area contributed by atoms with Crippen molar-refractivity contribution in [3.05, 3.63) is 28.5 Å². The summed E-state index contributed by atoms with van der Waals surface area (Å²) in [6, 6.07) is 0. The largest absolute Gasteiger partial charge is 0.477 e. The highest BCUT2D eigenvalue weighted by Gasteiger charge is 2.24. The molecule has 1 saturated heterocycles. The maximum Gasteiger partial charge on any atom is 0.346 e. The van der Waals surface area contributed by atoms with Crippen LogP contribution in [-0.2, 0) is 11.3 Å². The van der Waals surface area contributed by atoms with Gasteiger partial charge in [0.25, 0.3) is 5.89 Å². The molecule has 0 bridgehead atoms. The summed E-state index contributed by atoms with van der Waals surface area (Å²) in [4.78, 5) is 24.9. The van der Waals surface area contributed by atoms with Gasteiger partial charge in [0.05, 0.1) is 11.9 Å². The average Bonchev–Trinajstić information content (AvgIpc) is 3.32. The Labute approximate surface area is 146 Å². The average molecular weight is 361 g/mol. The molecule has 0 aliphatic carbocycles. The first-order chi connectivity index (χ1) is 12.1. The number of nitrogens with one attached hydrogen (secondary N) is 1. The third-order valence-corrected chi connectivity index (χ3v) is 5.21. The monoisotopic (exact) mass is 361 g/mol. The molecule has 10 heteroatoms. The summed E-state index contributed by atoms with van der Waals surface area (Å²) in [5.41, 5.74) is 0.642. The number of ether oxygens (including phenoxy) is 1. The molecule has 1 fully saturated rings. The van der Waals surface area contributed by atoms with Crippen LogP contribution < -0.4 is 5.32 Å². The summed E-state index contributed by atoms with van der Waals surface area (Å²) in [7, 11) is 0. The summed E-state index contributed by atoms with van der Waals surface area (Å²) in [6.07, 6.45) is 3.15. The molecule has 1 aliphatic rings. The van der Waals surface area contributed by atoms with Crippen LogP contribution in [-0.4, -0.2) is 37.8 Å². The molecule has 0 amide bonds. The van der Waals surface area contributed by atoms with Gasteiger partial charge in [-0.05, 0) is 25.3 Å². The third kappa shape index (κ3) is 2.94. The second kappa shape index (κ2) is 6.37. The lowest BCUT2D eigenvalue weighted by atomic mass is 10.2. The molecule has 2 N–H and O–H groups in total. The molecular weight excluding hydrogens is 346 g/mol. The van der Waals surface area contributed by atoms with Crippen LogP contribution in [0.2, 0.25) is 0 Å². The van der Waals surface area contributed by atoms with Gasteiger partial charge in [0.1, 0.15) is 28.0 Å². The van der Waals surface area contributed by atoms with Crippen molar-refractivity contribution in [1.29, 1.82) is 0 Å². The van der Waals surface area contributed by atoms with Crippen LogP contribution in [0.5, 0.6) is 0 Å². The Balaban J connectivity index is 1.56. The lowest BCUT2D eigenvalue weighted by Crippen LogP contribution is -2.05. The minimum Gasteiger partial charge on any atom is -0.477 e. The van der Waals surface area contributed by atoms with Crippen molar-refractivity contribution in [3.63, 3.8) is 0 Å². The van der Waals surface area contributed by atoms with E-state index in [2.05, 4.69) is 25.4 Å². The highest BCUT2D eigenvalue weighted by Crippen LogP contribution is 2.33. The topological polar surface area (TPSA) is 123 Å². The van der Waals surface area contributed by atoms with E-state index in [0.29, 0.717) is 46.5 Å². The van der Waals surface area contributed by atoms with Gasteiger partial charge in [0.2, 0.25) is 0 Å². The van der Waals surface area contributed by atoms with Crippen LogP contribution in [0, 0.1) is 6.92 Å². The van der Waals surface area contributed by atoms with Crippen molar-refractivity contribution in [3.8, 4) is 0 Å². The van der Waals surface area contributed by atoms with E-state index in [9.17, 15) is 9.90 Å². The van der Waals surface area contributed by atoms with E-state index >= 15 is 0 Å². The third-order valence-electron chi connectivity index (χ3n) is 4.02. The minimum atomic E-state index is -0.967. The predicted molar refractivity (Wildman–Crippen MR) is 88.7 cm³/mol. The number of hydrogen-bond donors (Lipinski definition) is 2. The van der Waals surface area contributed by atoms with E-state index in [-0.39, 0.29) is 11.0 Å². The van der Waals surface area contributed by atoms with E-state index < -0.39 is 5.97 Å². The molecule has 0 saturated carbocycles. The van der Waals surface area contributed by atoms with Crippen LogP contribution in [0.25, 0.3) is 10.2 Å². The zero-order valence-corrected chi connectivity index (χ0v) is 14.2. The van der Waals surface area contributed by atoms with Crippen molar-refractivity contribution in [2.45, 2.75) is 32.4 Å². The van der Waals surface area contributed by atoms with Crippen molar-refractivity contribution in [2.75, 3.05) is 11.9 Å². The van der Waals surface area contributed by atoms with Gasteiger partial charge in [-0.25, -0.2) is 14.8 Å². The Morgan fingerprint density at radius 1 is 1.48 bits per heavy atom. The van der Waals surface area contributed by atoms with Crippen LogP contribution in [0.1, 0.15) is 45.9 Å². The van der Waals surface area contributed by atoms with Gasteiger partial charge in [-0.15, -0.1) is 11.3 Å². The zero-order valence-electron chi connectivity index (χ0n) is 13.4. The number of aromatic nitrogens is 4. The number of thiophene rings is 1. The van der Waals surface area contributed by atoms with Gasteiger partial charge < -0.3 is 19.7 Å². The normalized spacial score (nSPS) is 17.2. The number of aryl methyl sites for hydroxylation is 1. The van der Waals surface area contributed by atoms with Gasteiger partial charge >= 0.3 is 5.97 Å². The maximum atomic E-state index is 11.3. The summed E-state index contributed by atoms with van der Waals surface area (Å²) in [5, 5.41) is 17.1. The molecule has 1 atom stereocenters. The first-order valence-corrected chi connectivity index (χ1v) is 8.60. The fraction of sp³-hybridized carbons (Fsp3) is 0.400. The van der Waals surface area contributed by atoms with Gasteiger partial charge in [0, 0.05) is 6.61 Å². The van der Waals surface area contributed by atoms with Gasteiger partial charge in [-0.1, -0.05) is 5.16 Å². The Bertz CT molecular complexity index is 931. The van der Waals surface area contributed by atoms with E-state index in [1.807, 2.05) is 0 Å². The molecule has 25 heavy (non-hydrogen) atoms. The van der Waals surface area contributed by atoms with E-state index in [1.54, 1.807) is 6.92 Å². The SMILES string of the molecule is Cc1c(C(=O)O)sc2ncnc(NCc3noc([C@H]4CCCO4)n3)c12. The molecule has 4 heterocycles. The molecule has 4 rings (SSSR count). The van der Waals surface area contributed by atoms with Crippen molar-refractivity contribution >= 4 is 33.3 Å². The van der Waals surface area contributed by atoms with Crippen molar-refractivity contribution in [1.82, 2.24) is 20.1 Å². The molecule has 3 aromatic heterocycles. The number of nitrogens with zero attached hydrogens (tertiary/aromatic N) is 4. The standard InChI is InChI=1S/C15H15N5O4S/c1-7-10-12(17-6-18-14(10)25-11(7)15(21)22)16-5-9-19-13(24-20-9)8-3-2-4-23-8/h6,8H,2-5H2,1H3,(H,21,22)(H,16,17,18)/t8-/m1/s1. The van der Waals surface area contributed by atoms with Gasteiger partial charge in [-0.2, -0.15) is 4.98 Å². The lowest BCUT2D eigenvalue weighted by Gasteiger charge is -2.04. The number of aromatic carboxylic acids is 1. The highest BCUT2D eigenvalue weighted by molar-refractivity contribution is 7.20. The Kier molecular flexibility index (Phi) is 4.06. The van der Waals surface area contributed by atoms with Crippen LogP contribution in [0.3, 0.4) is 0 Å². The molecule has 130 valence electrons. The maximum absolute atomic E-state index is 11.3. The van der Waals surface area contributed by atoms with Crippen LogP contribution in [0.4, 0.5) is 5.82 Å². The van der Waals surface area contributed by atoms with Gasteiger partial charge in [0.15, 0.2) is 5.82 Å². The number of carboxylic acid groups (broad SMARTS) is 1.